The number of fused-ring (bicyclic) bond motifs is 2. The molecule has 1 N–H and O–H groups in total. The molecule has 30 heavy (non-hydrogen) atoms. The fourth-order valence-corrected chi connectivity index (χ4v) is 3.72. The average Bonchev–Trinajstić information content (AvgIpc) is 2.95. The zero-order chi connectivity index (χ0) is 21.3. The monoisotopic (exact) mass is 411 g/mol. The molecule has 156 valence electrons. The first-order valence-corrected chi connectivity index (χ1v) is 9.66. The third-order valence-electron chi connectivity index (χ3n) is 5.11. The van der Waals surface area contributed by atoms with E-state index in [1.54, 1.807) is 49.4 Å². The summed E-state index contributed by atoms with van der Waals surface area (Å²) >= 11 is 0. The first-order chi connectivity index (χ1) is 14.4. The largest absolute Gasteiger partial charge is 0.486 e. The minimum atomic E-state index is -2.08. The van der Waals surface area contributed by atoms with Crippen LogP contribution in [0.15, 0.2) is 42.5 Å². The van der Waals surface area contributed by atoms with Gasteiger partial charge in [0, 0.05) is 11.1 Å². The molecule has 0 fully saturated rings. The van der Waals surface area contributed by atoms with Crippen molar-refractivity contribution in [2.24, 2.45) is 0 Å². The van der Waals surface area contributed by atoms with Crippen molar-refractivity contribution < 1.29 is 33.7 Å². The highest BCUT2D eigenvalue weighted by Gasteiger charge is 2.51. The second-order valence-corrected chi connectivity index (χ2v) is 7.03. The molecule has 2 aliphatic heterocycles. The van der Waals surface area contributed by atoms with Crippen molar-refractivity contribution in [1.29, 1.82) is 0 Å². The molecule has 2 aromatic rings. The second-order valence-electron chi connectivity index (χ2n) is 7.03. The Morgan fingerprint density at radius 2 is 1.87 bits per heavy atom. The number of para-hydroxylation sites is 1. The predicted molar refractivity (Wildman–Crippen MR) is 106 cm³/mol. The molecule has 0 saturated carbocycles. The molecule has 8 heteroatoms. The molecule has 2 heterocycles. The lowest BCUT2D eigenvalue weighted by atomic mass is 9.88. The zero-order valence-corrected chi connectivity index (χ0v) is 16.4. The van der Waals surface area contributed by atoms with E-state index in [4.69, 9.17) is 14.2 Å². The normalized spacial score (nSPS) is 19.4. The van der Waals surface area contributed by atoms with Crippen LogP contribution in [-0.2, 0) is 19.9 Å². The number of anilines is 1. The Balaban J connectivity index is 1.62. The fraction of sp³-hybridized carbons (Fsp3) is 0.318. The highest BCUT2D eigenvalue weighted by molar-refractivity contribution is 6.12. The van der Waals surface area contributed by atoms with Crippen LogP contribution in [-0.4, -0.2) is 49.1 Å². The van der Waals surface area contributed by atoms with Crippen molar-refractivity contribution >= 4 is 23.3 Å². The molecular weight excluding hydrogens is 390 g/mol. The van der Waals surface area contributed by atoms with Crippen LogP contribution < -0.4 is 14.4 Å². The summed E-state index contributed by atoms with van der Waals surface area (Å²) in [7, 11) is 0. The van der Waals surface area contributed by atoms with E-state index in [1.165, 1.54) is 0 Å². The molecule has 0 saturated heterocycles. The maximum atomic E-state index is 13.1. The summed E-state index contributed by atoms with van der Waals surface area (Å²) in [5.74, 6) is -0.776. The van der Waals surface area contributed by atoms with Gasteiger partial charge in [0.1, 0.15) is 19.8 Å². The van der Waals surface area contributed by atoms with Crippen LogP contribution in [0, 0.1) is 0 Å². The van der Waals surface area contributed by atoms with Crippen LogP contribution in [0.5, 0.6) is 11.5 Å². The lowest BCUT2D eigenvalue weighted by Crippen LogP contribution is -2.44. The molecule has 2 aromatic carbocycles. The SMILES string of the molecule is CCOC(=O)CN1C(=O)C(O)(CC(=O)c2ccc3c(c2)OCCO3)c2ccccc21. The Kier molecular flexibility index (Phi) is 5.17. The number of carbonyl (C=O) groups is 3. The molecule has 0 bridgehead atoms. The molecule has 0 radical (unpaired) electrons. The van der Waals surface area contributed by atoms with Crippen molar-refractivity contribution in [2.75, 3.05) is 31.3 Å². The van der Waals surface area contributed by atoms with Gasteiger partial charge in [-0.2, -0.15) is 0 Å². The van der Waals surface area contributed by atoms with E-state index < -0.39 is 29.7 Å². The van der Waals surface area contributed by atoms with Crippen LogP contribution >= 0.6 is 0 Å². The molecule has 0 aliphatic carbocycles. The van der Waals surface area contributed by atoms with Gasteiger partial charge in [-0.3, -0.25) is 19.3 Å². The average molecular weight is 411 g/mol. The topological polar surface area (TPSA) is 102 Å². The van der Waals surface area contributed by atoms with E-state index in [1.807, 2.05) is 0 Å². The van der Waals surface area contributed by atoms with E-state index in [2.05, 4.69) is 0 Å². The van der Waals surface area contributed by atoms with E-state index in [9.17, 15) is 19.5 Å². The van der Waals surface area contributed by atoms with Crippen LogP contribution in [0.2, 0.25) is 0 Å². The Morgan fingerprint density at radius 1 is 1.13 bits per heavy atom. The first kappa shape index (κ1) is 19.9. The number of aliphatic hydroxyl groups is 1. The van der Waals surface area contributed by atoms with Gasteiger partial charge >= 0.3 is 5.97 Å². The van der Waals surface area contributed by atoms with Gasteiger partial charge in [0.2, 0.25) is 0 Å². The Hall–Kier alpha value is -3.39. The van der Waals surface area contributed by atoms with Crippen molar-refractivity contribution in [3.63, 3.8) is 0 Å². The number of nitrogens with zero attached hydrogens (tertiary/aromatic N) is 1. The van der Waals surface area contributed by atoms with E-state index in [-0.39, 0.29) is 18.7 Å². The van der Waals surface area contributed by atoms with Gasteiger partial charge in [-0.05, 0) is 31.2 Å². The summed E-state index contributed by atoms with van der Waals surface area (Å²) in [6.45, 7) is 2.31. The quantitative estimate of drug-likeness (QED) is 0.571. The van der Waals surface area contributed by atoms with Crippen LogP contribution in [0.4, 0.5) is 5.69 Å². The van der Waals surface area contributed by atoms with Gasteiger partial charge in [-0.1, -0.05) is 18.2 Å². The number of hydrogen-bond donors (Lipinski definition) is 1. The van der Waals surface area contributed by atoms with Crippen LogP contribution in [0.3, 0.4) is 0 Å². The summed E-state index contributed by atoms with van der Waals surface area (Å²) in [5, 5.41) is 11.3. The minimum Gasteiger partial charge on any atom is -0.486 e. The Labute approximate surface area is 173 Å². The third kappa shape index (κ3) is 3.39. The van der Waals surface area contributed by atoms with Gasteiger partial charge in [0.05, 0.1) is 18.7 Å². The first-order valence-electron chi connectivity index (χ1n) is 9.66. The zero-order valence-electron chi connectivity index (χ0n) is 16.4. The number of ether oxygens (including phenoxy) is 3. The van der Waals surface area contributed by atoms with Crippen molar-refractivity contribution in [1.82, 2.24) is 0 Å². The maximum absolute atomic E-state index is 13.1. The summed E-state index contributed by atoms with van der Waals surface area (Å²) in [6, 6.07) is 11.3. The molecule has 8 nitrogen and oxygen atoms in total. The minimum absolute atomic E-state index is 0.176. The summed E-state index contributed by atoms with van der Waals surface area (Å²) < 4.78 is 15.9. The Morgan fingerprint density at radius 3 is 2.63 bits per heavy atom. The number of ketones is 1. The molecular formula is C22H21NO7. The number of esters is 1. The lowest BCUT2D eigenvalue weighted by molar-refractivity contribution is -0.144. The number of hydrogen-bond acceptors (Lipinski definition) is 7. The second kappa shape index (κ2) is 7.79. The predicted octanol–water partition coefficient (Wildman–Crippen LogP) is 1.83. The number of amides is 1. The molecule has 1 amide bonds. The molecule has 1 unspecified atom stereocenters. The highest BCUT2D eigenvalue weighted by Crippen LogP contribution is 2.43. The van der Waals surface area contributed by atoms with Crippen molar-refractivity contribution in [3.05, 3.63) is 53.6 Å². The standard InChI is InChI=1S/C22H21NO7/c1-2-28-20(25)13-23-16-6-4-3-5-15(16)22(27,21(23)26)12-17(24)14-7-8-18-19(11-14)30-10-9-29-18/h3-8,11,27H,2,9-10,12-13H2,1H3. The molecule has 1 atom stereocenters. The summed E-state index contributed by atoms with van der Waals surface area (Å²) in [5.41, 5.74) is -1.12. The van der Waals surface area contributed by atoms with E-state index in [0.717, 1.165) is 4.90 Å². The highest BCUT2D eigenvalue weighted by atomic mass is 16.6. The van der Waals surface area contributed by atoms with Gasteiger partial charge < -0.3 is 19.3 Å². The van der Waals surface area contributed by atoms with Gasteiger partial charge in [-0.15, -0.1) is 0 Å². The summed E-state index contributed by atoms with van der Waals surface area (Å²) in [4.78, 5) is 39.2. The number of Topliss-reactive ketones (excluding diaryl/α,β-unsaturated/α-hetero) is 1. The van der Waals surface area contributed by atoms with E-state index >= 15 is 0 Å². The van der Waals surface area contributed by atoms with Crippen molar-refractivity contribution in [3.8, 4) is 11.5 Å². The summed E-state index contributed by atoms with van der Waals surface area (Å²) in [6.07, 6.45) is -0.470. The number of benzene rings is 2. The van der Waals surface area contributed by atoms with Crippen molar-refractivity contribution in [2.45, 2.75) is 18.9 Å². The molecule has 4 rings (SSSR count). The fourth-order valence-electron chi connectivity index (χ4n) is 3.72. The van der Waals surface area contributed by atoms with Gasteiger partial charge in [-0.25, -0.2) is 0 Å². The third-order valence-corrected chi connectivity index (χ3v) is 5.11. The lowest BCUT2D eigenvalue weighted by Gasteiger charge is -2.23. The molecule has 2 aliphatic rings. The number of rotatable bonds is 6. The Bertz CT molecular complexity index is 1020. The maximum Gasteiger partial charge on any atom is 0.326 e. The van der Waals surface area contributed by atoms with E-state index in [0.29, 0.717) is 36.0 Å². The smallest absolute Gasteiger partial charge is 0.326 e. The van der Waals surface area contributed by atoms with Gasteiger partial charge in [0.25, 0.3) is 5.91 Å². The van der Waals surface area contributed by atoms with Crippen LogP contribution in [0.1, 0.15) is 29.3 Å². The van der Waals surface area contributed by atoms with Crippen LogP contribution in [0.25, 0.3) is 0 Å². The molecule has 0 spiro atoms. The van der Waals surface area contributed by atoms with Gasteiger partial charge in [0.15, 0.2) is 22.9 Å². The number of carbonyl (C=O) groups excluding carboxylic acids is 3. The molecule has 0 aromatic heterocycles.